The molecule has 0 fully saturated rings. The summed E-state index contributed by atoms with van der Waals surface area (Å²) in [5.74, 6) is -0.440. The Balaban J connectivity index is 2.68. The molecule has 1 atom stereocenters. The second-order valence-corrected chi connectivity index (χ2v) is 3.55. The molecule has 0 radical (unpaired) electrons. The SMILES string of the molecule is CNC(CCC(F)(F)F)c1cccc(F)c1. The first kappa shape index (κ1) is 13.0. The summed E-state index contributed by atoms with van der Waals surface area (Å²) in [5, 5.41) is 2.75. The zero-order chi connectivity index (χ0) is 12.2. The van der Waals surface area contributed by atoms with E-state index in [0.29, 0.717) is 5.56 Å². The zero-order valence-electron chi connectivity index (χ0n) is 8.81. The normalized spacial score (nSPS) is 13.8. The van der Waals surface area contributed by atoms with Crippen LogP contribution in [0.4, 0.5) is 17.6 Å². The maximum atomic E-state index is 12.9. The van der Waals surface area contributed by atoms with Crippen LogP contribution in [0, 0.1) is 5.82 Å². The van der Waals surface area contributed by atoms with E-state index in [4.69, 9.17) is 0 Å². The lowest BCUT2D eigenvalue weighted by molar-refractivity contribution is -0.136. The highest BCUT2D eigenvalue weighted by atomic mass is 19.4. The van der Waals surface area contributed by atoms with Gasteiger partial charge in [-0.1, -0.05) is 12.1 Å². The Kier molecular flexibility index (Phi) is 4.29. The van der Waals surface area contributed by atoms with Gasteiger partial charge in [-0.2, -0.15) is 13.2 Å². The third-order valence-corrected chi connectivity index (χ3v) is 2.32. The third-order valence-electron chi connectivity index (χ3n) is 2.32. The standard InChI is InChI=1S/C11H13F4N/c1-16-10(5-6-11(13,14)15)8-3-2-4-9(12)7-8/h2-4,7,10,16H,5-6H2,1H3. The highest BCUT2D eigenvalue weighted by molar-refractivity contribution is 5.20. The topological polar surface area (TPSA) is 12.0 Å². The summed E-state index contributed by atoms with van der Waals surface area (Å²) in [4.78, 5) is 0. The van der Waals surface area contributed by atoms with Crippen LogP contribution in [0.5, 0.6) is 0 Å². The van der Waals surface area contributed by atoms with Gasteiger partial charge in [0.15, 0.2) is 0 Å². The lowest BCUT2D eigenvalue weighted by atomic mass is 10.0. The molecule has 90 valence electrons. The molecule has 0 saturated heterocycles. The summed E-state index contributed by atoms with van der Waals surface area (Å²) < 4.78 is 49.0. The Morgan fingerprint density at radius 3 is 2.50 bits per heavy atom. The molecule has 1 aromatic carbocycles. The van der Waals surface area contributed by atoms with E-state index in [2.05, 4.69) is 5.32 Å². The number of hydrogen-bond acceptors (Lipinski definition) is 1. The Hall–Kier alpha value is -1.10. The first-order valence-corrected chi connectivity index (χ1v) is 4.92. The summed E-state index contributed by atoms with van der Waals surface area (Å²) in [7, 11) is 1.56. The molecule has 1 unspecified atom stereocenters. The molecular weight excluding hydrogens is 222 g/mol. The molecule has 1 nitrogen and oxygen atoms in total. The van der Waals surface area contributed by atoms with Crippen molar-refractivity contribution in [2.45, 2.75) is 25.1 Å². The van der Waals surface area contributed by atoms with Gasteiger partial charge in [0.1, 0.15) is 5.82 Å². The number of nitrogens with one attached hydrogen (secondary N) is 1. The summed E-state index contributed by atoms with van der Waals surface area (Å²) >= 11 is 0. The van der Waals surface area contributed by atoms with Crippen molar-refractivity contribution in [3.05, 3.63) is 35.6 Å². The Labute approximate surface area is 91.5 Å². The molecule has 1 rings (SSSR count). The maximum Gasteiger partial charge on any atom is 0.389 e. The molecule has 0 spiro atoms. The zero-order valence-corrected chi connectivity index (χ0v) is 8.81. The van der Waals surface area contributed by atoms with Crippen LogP contribution in [-0.2, 0) is 0 Å². The van der Waals surface area contributed by atoms with Gasteiger partial charge in [-0.25, -0.2) is 4.39 Å². The average Bonchev–Trinajstić information content (AvgIpc) is 2.17. The van der Waals surface area contributed by atoms with E-state index in [-0.39, 0.29) is 6.42 Å². The Bertz CT molecular complexity index is 335. The lowest BCUT2D eigenvalue weighted by Gasteiger charge is -2.17. The van der Waals surface area contributed by atoms with E-state index in [1.807, 2.05) is 0 Å². The molecule has 0 aliphatic heterocycles. The molecule has 16 heavy (non-hydrogen) atoms. The van der Waals surface area contributed by atoms with Crippen molar-refractivity contribution in [3.63, 3.8) is 0 Å². The molecular formula is C11H13F4N. The summed E-state index contributed by atoms with van der Waals surface area (Å²) in [5.41, 5.74) is 0.534. The van der Waals surface area contributed by atoms with Crippen LogP contribution in [0.3, 0.4) is 0 Å². The van der Waals surface area contributed by atoms with E-state index in [1.54, 1.807) is 13.1 Å². The van der Waals surface area contributed by atoms with Gasteiger partial charge in [0.05, 0.1) is 0 Å². The van der Waals surface area contributed by atoms with Crippen molar-refractivity contribution in [2.75, 3.05) is 7.05 Å². The predicted molar refractivity (Wildman–Crippen MR) is 53.5 cm³/mol. The van der Waals surface area contributed by atoms with E-state index in [0.717, 1.165) is 0 Å². The average molecular weight is 235 g/mol. The van der Waals surface area contributed by atoms with Crippen molar-refractivity contribution in [2.24, 2.45) is 0 Å². The molecule has 1 aromatic rings. The van der Waals surface area contributed by atoms with Gasteiger partial charge < -0.3 is 5.32 Å². The van der Waals surface area contributed by atoms with Crippen LogP contribution in [0.15, 0.2) is 24.3 Å². The number of hydrogen-bond donors (Lipinski definition) is 1. The third kappa shape index (κ3) is 4.18. The van der Waals surface area contributed by atoms with Crippen molar-refractivity contribution >= 4 is 0 Å². The predicted octanol–water partition coefficient (Wildman–Crippen LogP) is 3.43. The highest BCUT2D eigenvalue weighted by Crippen LogP contribution is 2.27. The Morgan fingerprint density at radius 2 is 2.00 bits per heavy atom. The maximum absolute atomic E-state index is 12.9. The van der Waals surface area contributed by atoms with Gasteiger partial charge in [0.25, 0.3) is 0 Å². The van der Waals surface area contributed by atoms with Gasteiger partial charge in [0, 0.05) is 12.5 Å². The van der Waals surface area contributed by atoms with Crippen molar-refractivity contribution < 1.29 is 17.6 Å². The first-order valence-electron chi connectivity index (χ1n) is 4.92. The smallest absolute Gasteiger partial charge is 0.313 e. The van der Waals surface area contributed by atoms with Gasteiger partial charge >= 0.3 is 6.18 Å². The second-order valence-electron chi connectivity index (χ2n) is 3.55. The number of benzene rings is 1. The Morgan fingerprint density at radius 1 is 1.31 bits per heavy atom. The number of halogens is 4. The summed E-state index contributed by atoms with van der Waals surface area (Å²) in [6.07, 6.45) is -5.15. The molecule has 0 bridgehead atoms. The fraction of sp³-hybridized carbons (Fsp3) is 0.455. The largest absolute Gasteiger partial charge is 0.389 e. The number of alkyl halides is 3. The molecule has 0 heterocycles. The fourth-order valence-corrected chi connectivity index (χ4v) is 1.51. The van der Waals surface area contributed by atoms with E-state index in [1.165, 1.54) is 18.2 Å². The minimum atomic E-state index is -4.18. The monoisotopic (exact) mass is 235 g/mol. The van der Waals surface area contributed by atoms with Crippen molar-refractivity contribution in [1.29, 1.82) is 0 Å². The fourth-order valence-electron chi connectivity index (χ4n) is 1.51. The van der Waals surface area contributed by atoms with E-state index in [9.17, 15) is 17.6 Å². The highest BCUT2D eigenvalue weighted by Gasteiger charge is 2.28. The van der Waals surface area contributed by atoms with E-state index < -0.39 is 24.5 Å². The van der Waals surface area contributed by atoms with Crippen LogP contribution in [0.25, 0.3) is 0 Å². The second kappa shape index (κ2) is 5.30. The molecule has 5 heteroatoms. The van der Waals surface area contributed by atoms with Crippen molar-refractivity contribution in [3.8, 4) is 0 Å². The van der Waals surface area contributed by atoms with Crippen molar-refractivity contribution in [1.82, 2.24) is 5.32 Å². The van der Waals surface area contributed by atoms with Crippen LogP contribution >= 0.6 is 0 Å². The lowest BCUT2D eigenvalue weighted by Crippen LogP contribution is -2.19. The minimum absolute atomic E-state index is 0.0938. The van der Waals surface area contributed by atoms with Crippen LogP contribution in [0.2, 0.25) is 0 Å². The summed E-state index contributed by atoms with van der Waals surface area (Å²) in [6.45, 7) is 0. The number of rotatable bonds is 4. The molecule has 0 aromatic heterocycles. The van der Waals surface area contributed by atoms with Crippen LogP contribution in [0.1, 0.15) is 24.4 Å². The summed E-state index contributed by atoms with van der Waals surface area (Å²) in [6, 6.07) is 5.14. The van der Waals surface area contributed by atoms with Crippen LogP contribution < -0.4 is 5.32 Å². The molecule has 0 saturated carbocycles. The van der Waals surface area contributed by atoms with Gasteiger partial charge in [-0.05, 0) is 31.2 Å². The van der Waals surface area contributed by atoms with Gasteiger partial charge in [-0.15, -0.1) is 0 Å². The minimum Gasteiger partial charge on any atom is -0.313 e. The molecule has 1 N–H and O–H groups in total. The van der Waals surface area contributed by atoms with E-state index >= 15 is 0 Å². The first-order chi connectivity index (χ1) is 7.42. The molecule has 0 amide bonds. The van der Waals surface area contributed by atoms with Crippen LogP contribution in [-0.4, -0.2) is 13.2 Å². The van der Waals surface area contributed by atoms with Gasteiger partial charge in [0.2, 0.25) is 0 Å². The quantitative estimate of drug-likeness (QED) is 0.788. The molecule has 0 aliphatic rings. The van der Waals surface area contributed by atoms with Gasteiger partial charge in [-0.3, -0.25) is 0 Å². The molecule has 0 aliphatic carbocycles.